The average Bonchev–Trinajstić information content (AvgIpc) is 2.72. The maximum absolute atomic E-state index is 12.9. The Hall–Kier alpha value is -0.373. The van der Waals surface area contributed by atoms with Crippen LogP contribution in [-0.2, 0) is 4.79 Å². The second-order valence-electron chi connectivity index (χ2n) is 8.12. The lowest BCUT2D eigenvalue weighted by atomic mass is 9.70. The molecule has 0 radical (unpaired) electrons. The lowest BCUT2D eigenvalue weighted by Crippen LogP contribution is -2.33. The first-order chi connectivity index (χ1) is 8.87. The van der Waals surface area contributed by atoms with Gasteiger partial charge in [0.1, 0.15) is 5.78 Å². The van der Waals surface area contributed by atoms with Crippen molar-refractivity contribution in [1.82, 2.24) is 0 Å². The molecule has 1 spiro atoms. The fourth-order valence-electron chi connectivity index (χ4n) is 5.57. The van der Waals surface area contributed by atoms with E-state index in [4.69, 9.17) is 0 Å². The molecule has 2 heteroatoms. The molecular weight excluding hydrogens is 248 g/mol. The van der Waals surface area contributed by atoms with Gasteiger partial charge in [-0.25, -0.2) is 0 Å². The lowest BCUT2D eigenvalue weighted by molar-refractivity contribution is -0.128. The van der Waals surface area contributed by atoms with Crippen molar-refractivity contribution in [2.24, 2.45) is 17.3 Å². The summed E-state index contributed by atoms with van der Waals surface area (Å²) in [5.41, 5.74) is 1.67. The molecule has 3 aliphatic carbocycles. The van der Waals surface area contributed by atoms with Crippen LogP contribution in [-0.4, -0.2) is 13.9 Å². The molecule has 0 amide bonds. The van der Waals surface area contributed by atoms with Crippen molar-refractivity contribution in [1.29, 1.82) is 0 Å². The molecule has 1 nitrogen and oxygen atoms in total. The van der Waals surface area contributed by atoms with Crippen LogP contribution in [0.1, 0.15) is 51.9 Å². The molecule has 3 aliphatic rings. The third-order valence-corrected chi connectivity index (χ3v) is 8.35. The Bertz CT molecular complexity index is 443. The van der Waals surface area contributed by atoms with E-state index in [0.29, 0.717) is 17.6 Å². The zero-order valence-corrected chi connectivity index (χ0v) is 14.0. The number of carbonyl (C=O) groups is 1. The number of carbonyl (C=O) groups excluding carboxylic acids is 1. The summed E-state index contributed by atoms with van der Waals surface area (Å²) in [7, 11) is -1.27. The van der Waals surface area contributed by atoms with Crippen molar-refractivity contribution in [2.45, 2.75) is 71.5 Å². The van der Waals surface area contributed by atoms with Gasteiger partial charge in [-0.2, -0.15) is 0 Å². The number of ketones is 1. The number of hydrogen-bond donors (Lipinski definition) is 0. The highest BCUT2D eigenvalue weighted by Gasteiger charge is 2.58. The molecule has 0 heterocycles. The van der Waals surface area contributed by atoms with Crippen molar-refractivity contribution in [3.8, 4) is 0 Å². The number of Topliss-reactive ketones (excluding diaryl/α,β-unsaturated/α-hetero) is 1. The Labute approximate surface area is 118 Å². The second-order valence-corrected chi connectivity index (χ2v) is 13.2. The van der Waals surface area contributed by atoms with E-state index < -0.39 is 8.07 Å². The molecule has 0 aliphatic heterocycles. The molecule has 0 bridgehead atoms. The van der Waals surface area contributed by atoms with Gasteiger partial charge in [-0.05, 0) is 43.9 Å². The van der Waals surface area contributed by atoms with Crippen molar-refractivity contribution in [3.63, 3.8) is 0 Å². The first-order valence-electron chi connectivity index (χ1n) is 8.14. The summed E-state index contributed by atoms with van der Waals surface area (Å²) < 4.78 is 0. The minimum Gasteiger partial charge on any atom is -0.299 e. The van der Waals surface area contributed by atoms with Gasteiger partial charge in [0.15, 0.2) is 0 Å². The number of rotatable bonds is 1. The van der Waals surface area contributed by atoms with Gasteiger partial charge in [-0.15, -0.1) is 0 Å². The molecule has 19 heavy (non-hydrogen) atoms. The minimum absolute atomic E-state index is 0.0194. The highest BCUT2D eigenvalue weighted by molar-refractivity contribution is 6.83. The molecular formula is C17H28OSi. The van der Waals surface area contributed by atoms with Gasteiger partial charge in [0.05, 0.1) is 13.5 Å². The molecule has 0 aromatic rings. The van der Waals surface area contributed by atoms with Gasteiger partial charge in [-0.3, -0.25) is 4.79 Å². The molecule has 0 aromatic heterocycles. The highest BCUT2D eigenvalue weighted by atomic mass is 28.3. The van der Waals surface area contributed by atoms with E-state index >= 15 is 0 Å². The normalized spacial score (nSPS) is 39.3. The summed E-state index contributed by atoms with van der Waals surface area (Å²) in [6.45, 7) is 9.81. The standard InChI is InChI=1S/C17H28OSi/c1-12-11-17-13(7-5-6-8-15(17)18)9-10-14(17)16(12)19(2,3)4/h12-13H,5-11H2,1-4H3/t12-,13+,17+/m1/s1. The topological polar surface area (TPSA) is 17.1 Å². The first kappa shape index (κ1) is 13.6. The molecule has 0 unspecified atom stereocenters. The SMILES string of the molecule is C[C@@H]1C[C@]23C(=O)CCCC[C@H]2CCC3=C1[Si](C)(C)C. The van der Waals surface area contributed by atoms with Gasteiger partial charge < -0.3 is 0 Å². The smallest absolute Gasteiger partial charge is 0.143 e. The van der Waals surface area contributed by atoms with Crippen LogP contribution in [0.4, 0.5) is 0 Å². The van der Waals surface area contributed by atoms with Crippen LogP contribution < -0.4 is 0 Å². The predicted octanol–water partition coefficient (Wildman–Crippen LogP) is 4.74. The third kappa shape index (κ3) is 1.82. The first-order valence-corrected chi connectivity index (χ1v) is 11.6. The molecule has 0 aromatic carbocycles. The van der Waals surface area contributed by atoms with Crippen LogP contribution in [0.3, 0.4) is 0 Å². The number of hydrogen-bond acceptors (Lipinski definition) is 1. The summed E-state index contributed by atoms with van der Waals surface area (Å²) in [6.07, 6.45) is 8.27. The molecule has 2 saturated carbocycles. The van der Waals surface area contributed by atoms with Crippen molar-refractivity contribution >= 4 is 13.9 Å². The highest BCUT2D eigenvalue weighted by Crippen LogP contribution is 2.62. The monoisotopic (exact) mass is 276 g/mol. The van der Waals surface area contributed by atoms with Crippen LogP contribution in [0.25, 0.3) is 0 Å². The summed E-state index contributed by atoms with van der Waals surface area (Å²) in [5, 5.41) is 1.77. The number of allylic oxidation sites excluding steroid dienone is 2. The van der Waals surface area contributed by atoms with E-state index in [-0.39, 0.29) is 5.41 Å². The second kappa shape index (κ2) is 4.31. The van der Waals surface area contributed by atoms with Crippen molar-refractivity contribution in [3.05, 3.63) is 10.8 Å². The van der Waals surface area contributed by atoms with Crippen molar-refractivity contribution in [2.75, 3.05) is 0 Å². The van der Waals surface area contributed by atoms with E-state index in [1.54, 1.807) is 10.8 Å². The van der Waals surface area contributed by atoms with Gasteiger partial charge in [0.25, 0.3) is 0 Å². The van der Waals surface area contributed by atoms with Crippen LogP contribution in [0.2, 0.25) is 19.6 Å². The predicted molar refractivity (Wildman–Crippen MR) is 82.8 cm³/mol. The quantitative estimate of drug-likeness (QED) is 0.632. The zero-order valence-electron chi connectivity index (χ0n) is 13.0. The van der Waals surface area contributed by atoms with Crippen LogP contribution in [0.5, 0.6) is 0 Å². The van der Waals surface area contributed by atoms with Gasteiger partial charge in [-0.1, -0.05) is 43.8 Å². The van der Waals surface area contributed by atoms with Gasteiger partial charge in [0, 0.05) is 6.42 Å². The van der Waals surface area contributed by atoms with Gasteiger partial charge >= 0.3 is 0 Å². The minimum atomic E-state index is -1.27. The fourth-order valence-corrected chi connectivity index (χ4v) is 8.41. The lowest BCUT2D eigenvalue weighted by Gasteiger charge is -2.31. The average molecular weight is 276 g/mol. The van der Waals surface area contributed by atoms with E-state index in [9.17, 15) is 4.79 Å². The van der Waals surface area contributed by atoms with E-state index in [1.807, 2.05) is 0 Å². The molecule has 2 fully saturated rings. The van der Waals surface area contributed by atoms with Crippen LogP contribution in [0, 0.1) is 17.3 Å². The summed E-state index contributed by atoms with van der Waals surface area (Å²) in [5.74, 6) is 1.97. The summed E-state index contributed by atoms with van der Waals surface area (Å²) >= 11 is 0. The third-order valence-electron chi connectivity index (χ3n) is 5.94. The maximum atomic E-state index is 12.9. The maximum Gasteiger partial charge on any atom is 0.143 e. The zero-order chi connectivity index (χ0) is 13.8. The molecule has 106 valence electrons. The van der Waals surface area contributed by atoms with E-state index in [2.05, 4.69) is 26.6 Å². The van der Waals surface area contributed by atoms with E-state index in [0.717, 1.165) is 19.3 Å². The van der Waals surface area contributed by atoms with Gasteiger partial charge in [0.2, 0.25) is 0 Å². The Balaban J connectivity index is 2.14. The largest absolute Gasteiger partial charge is 0.299 e. The van der Waals surface area contributed by atoms with Crippen LogP contribution in [0.15, 0.2) is 10.8 Å². The molecule has 0 saturated heterocycles. The molecule has 3 rings (SSSR count). The molecule has 3 atom stereocenters. The van der Waals surface area contributed by atoms with Crippen molar-refractivity contribution < 1.29 is 4.79 Å². The fraction of sp³-hybridized carbons (Fsp3) is 0.824. The Morgan fingerprint density at radius 1 is 1.11 bits per heavy atom. The summed E-state index contributed by atoms with van der Waals surface area (Å²) in [4.78, 5) is 12.9. The van der Waals surface area contributed by atoms with E-state index in [1.165, 1.54) is 25.7 Å². The Morgan fingerprint density at radius 3 is 2.53 bits per heavy atom. The Morgan fingerprint density at radius 2 is 1.84 bits per heavy atom. The molecule has 0 N–H and O–H groups in total. The van der Waals surface area contributed by atoms with Crippen LogP contribution >= 0.6 is 0 Å². The Kier molecular flexibility index (Phi) is 3.09. The summed E-state index contributed by atoms with van der Waals surface area (Å²) in [6, 6.07) is 0.